The summed E-state index contributed by atoms with van der Waals surface area (Å²) in [5, 5.41) is 0. The first-order valence-electron chi connectivity index (χ1n) is 17.4. The third-order valence-corrected chi connectivity index (χ3v) is 10.7. The Bertz CT molecular complexity index is 2140. The maximum absolute atomic E-state index is 13.5. The number of benzene rings is 2. The third kappa shape index (κ3) is 5.37. The van der Waals surface area contributed by atoms with Crippen LogP contribution >= 0.6 is 0 Å². The molecule has 2 aromatic carbocycles. The number of rotatable bonds is 7. The van der Waals surface area contributed by atoms with Crippen molar-refractivity contribution in [3.8, 4) is 33.6 Å². The van der Waals surface area contributed by atoms with Crippen molar-refractivity contribution in [2.75, 3.05) is 6.54 Å². The normalized spacial score (nSPS) is 21.2. The number of nitrogens with one attached hydrogen (secondary N) is 2. The summed E-state index contributed by atoms with van der Waals surface area (Å²) < 4.78 is 0. The topological polar surface area (TPSA) is 124 Å². The van der Waals surface area contributed by atoms with Crippen molar-refractivity contribution in [1.82, 2.24) is 39.7 Å². The number of pyridine rings is 2. The van der Waals surface area contributed by atoms with Gasteiger partial charge >= 0.3 is 0 Å². The van der Waals surface area contributed by atoms with Crippen LogP contribution in [-0.4, -0.2) is 64.1 Å². The van der Waals surface area contributed by atoms with Gasteiger partial charge in [0.2, 0.25) is 0 Å². The van der Waals surface area contributed by atoms with Crippen LogP contribution in [0.3, 0.4) is 0 Å². The minimum Gasteiger partial charge on any atom is -0.340 e. The molecule has 3 fully saturated rings. The van der Waals surface area contributed by atoms with Crippen LogP contribution < -0.4 is 0 Å². The molecule has 10 heteroatoms. The summed E-state index contributed by atoms with van der Waals surface area (Å²) in [4.78, 5) is 55.4. The molecule has 9 rings (SSSR count). The van der Waals surface area contributed by atoms with Crippen LogP contribution in [0.15, 0.2) is 110 Å². The molecular formula is C40H36N8O2. The number of hydrogen-bond donors (Lipinski definition) is 2. The summed E-state index contributed by atoms with van der Waals surface area (Å²) >= 11 is 0. The van der Waals surface area contributed by atoms with E-state index in [-0.39, 0.29) is 29.9 Å². The molecule has 2 amide bonds. The number of aromatic amines is 2. The van der Waals surface area contributed by atoms with Crippen molar-refractivity contribution in [3.05, 3.63) is 133 Å². The highest BCUT2D eigenvalue weighted by Crippen LogP contribution is 2.50. The molecule has 4 atom stereocenters. The van der Waals surface area contributed by atoms with Crippen LogP contribution in [0.25, 0.3) is 33.6 Å². The summed E-state index contributed by atoms with van der Waals surface area (Å²) in [7, 11) is 0. The molecule has 2 aliphatic heterocycles. The minimum absolute atomic E-state index is 0.0110. The van der Waals surface area contributed by atoms with Gasteiger partial charge in [-0.15, -0.1) is 0 Å². The van der Waals surface area contributed by atoms with Gasteiger partial charge in [-0.05, 0) is 84.5 Å². The van der Waals surface area contributed by atoms with Gasteiger partial charge in [0.25, 0.3) is 11.8 Å². The Morgan fingerprint density at radius 2 is 1.16 bits per heavy atom. The number of piperidine rings is 1. The average molecular weight is 661 g/mol. The smallest absolute Gasteiger partial charge is 0.254 e. The highest BCUT2D eigenvalue weighted by molar-refractivity contribution is 5.95. The standard InChI is InChI=1S/C40H36N8O2/c49-39(29-13-17-41-18-14-29)47-21-1-2-35(47)37-43-23-33(45-37)27-7-3-25(4-8-27)26-5-9-28(10-6-26)34-24-44-38(46-34)36-31-11-12-32(22-31)48(36)40(50)30-15-19-42-20-16-30/h3-10,13-20,23-24,31-32,35-36H,1-2,11-12,21-22H2,(H,43,45)(H,44,46)/t31-,32-,35-,36+/m0/s1. The van der Waals surface area contributed by atoms with Crippen LogP contribution in [0, 0.1) is 5.92 Å². The molecule has 0 radical (unpaired) electrons. The van der Waals surface area contributed by atoms with E-state index in [0.29, 0.717) is 23.6 Å². The summed E-state index contributed by atoms with van der Waals surface area (Å²) in [6.07, 6.45) is 15.4. The Morgan fingerprint density at radius 1 is 0.620 bits per heavy atom. The fourth-order valence-corrected chi connectivity index (χ4v) is 8.20. The lowest BCUT2D eigenvalue weighted by Crippen LogP contribution is -2.40. The zero-order valence-electron chi connectivity index (χ0n) is 27.4. The Hall–Kier alpha value is -5.90. The molecule has 6 heterocycles. The number of nitrogens with zero attached hydrogens (tertiary/aromatic N) is 6. The van der Waals surface area contributed by atoms with E-state index in [1.165, 1.54) is 0 Å². The first-order valence-corrected chi connectivity index (χ1v) is 17.4. The van der Waals surface area contributed by atoms with Gasteiger partial charge in [0.15, 0.2) is 0 Å². The van der Waals surface area contributed by atoms with E-state index in [1.54, 1.807) is 49.1 Å². The highest BCUT2D eigenvalue weighted by Gasteiger charge is 2.50. The van der Waals surface area contributed by atoms with E-state index in [1.807, 2.05) is 17.3 Å². The summed E-state index contributed by atoms with van der Waals surface area (Å²) in [6.45, 7) is 0.713. The van der Waals surface area contributed by atoms with E-state index in [2.05, 4.69) is 73.4 Å². The van der Waals surface area contributed by atoms with Gasteiger partial charge in [-0.3, -0.25) is 19.6 Å². The fourth-order valence-electron chi connectivity index (χ4n) is 8.20. The Kier molecular flexibility index (Phi) is 7.56. The number of likely N-dealkylation sites (tertiary alicyclic amines) is 2. The van der Waals surface area contributed by atoms with Crippen LogP contribution in [0.4, 0.5) is 0 Å². The molecule has 4 aromatic heterocycles. The van der Waals surface area contributed by atoms with E-state index >= 15 is 0 Å². The minimum atomic E-state index is -0.0741. The summed E-state index contributed by atoms with van der Waals surface area (Å²) in [5.41, 5.74) is 7.51. The lowest BCUT2D eigenvalue weighted by Gasteiger charge is -2.34. The molecule has 0 spiro atoms. The third-order valence-electron chi connectivity index (χ3n) is 10.7. The zero-order chi connectivity index (χ0) is 33.6. The second-order valence-electron chi connectivity index (χ2n) is 13.5. The molecule has 2 saturated heterocycles. The number of carbonyl (C=O) groups is 2. The Labute approximate surface area is 289 Å². The van der Waals surface area contributed by atoms with Crippen molar-refractivity contribution in [2.24, 2.45) is 5.92 Å². The zero-order valence-corrected chi connectivity index (χ0v) is 27.4. The van der Waals surface area contributed by atoms with Gasteiger partial charge < -0.3 is 19.8 Å². The maximum atomic E-state index is 13.5. The quantitative estimate of drug-likeness (QED) is 0.186. The lowest BCUT2D eigenvalue weighted by atomic mass is 9.97. The Balaban J connectivity index is 0.887. The van der Waals surface area contributed by atoms with Crippen molar-refractivity contribution in [3.63, 3.8) is 0 Å². The lowest BCUT2D eigenvalue weighted by molar-refractivity contribution is 0.0579. The van der Waals surface area contributed by atoms with E-state index in [0.717, 1.165) is 77.4 Å². The number of carbonyl (C=O) groups excluding carboxylic acids is 2. The van der Waals surface area contributed by atoms with Crippen molar-refractivity contribution < 1.29 is 9.59 Å². The molecule has 3 aliphatic rings. The van der Waals surface area contributed by atoms with E-state index in [9.17, 15) is 9.59 Å². The van der Waals surface area contributed by atoms with Crippen molar-refractivity contribution in [2.45, 2.75) is 50.2 Å². The molecule has 1 saturated carbocycles. The number of H-pyrrole nitrogens is 2. The SMILES string of the molecule is O=C(c1ccncc1)N1CCC[C@H]1c1ncc(-c2ccc(-c3ccc(-c4cnc([C@H]5[C@H]6CC[C@@H](C6)N5C(=O)c5ccncc5)[nH]4)cc3)cc2)[nH]1. The molecule has 6 aromatic rings. The molecule has 248 valence electrons. The van der Waals surface area contributed by atoms with Gasteiger partial charge in [-0.25, -0.2) is 9.97 Å². The first kappa shape index (κ1) is 30.2. The molecule has 2 bridgehead atoms. The molecule has 2 N–H and O–H groups in total. The largest absolute Gasteiger partial charge is 0.340 e. The predicted octanol–water partition coefficient (Wildman–Crippen LogP) is 7.27. The van der Waals surface area contributed by atoms with Gasteiger partial charge in [-0.1, -0.05) is 48.5 Å². The average Bonchev–Trinajstić information content (AvgIpc) is 4.03. The van der Waals surface area contributed by atoms with Crippen LogP contribution in [0.5, 0.6) is 0 Å². The van der Waals surface area contributed by atoms with Crippen molar-refractivity contribution in [1.29, 1.82) is 0 Å². The molecule has 10 nitrogen and oxygen atoms in total. The van der Waals surface area contributed by atoms with Crippen LogP contribution in [0.1, 0.15) is 76.6 Å². The van der Waals surface area contributed by atoms with Crippen LogP contribution in [0.2, 0.25) is 0 Å². The molecular weight excluding hydrogens is 624 g/mol. The first-order chi connectivity index (χ1) is 24.6. The molecule has 0 unspecified atom stereocenters. The number of amides is 2. The summed E-state index contributed by atoms with van der Waals surface area (Å²) in [5.74, 6) is 2.16. The van der Waals surface area contributed by atoms with Gasteiger partial charge in [0.1, 0.15) is 11.6 Å². The van der Waals surface area contributed by atoms with Crippen molar-refractivity contribution >= 4 is 11.8 Å². The number of hydrogen-bond acceptors (Lipinski definition) is 6. The monoisotopic (exact) mass is 660 g/mol. The fraction of sp³-hybridized carbons (Fsp3) is 0.250. The van der Waals surface area contributed by atoms with Gasteiger partial charge in [0, 0.05) is 48.5 Å². The van der Waals surface area contributed by atoms with Gasteiger partial charge in [0.05, 0.1) is 35.9 Å². The molecule has 50 heavy (non-hydrogen) atoms. The number of imidazole rings is 2. The second-order valence-corrected chi connectivity index (χ2v) is 13.5. The number of aromatic nitrogens is 6. The Morgan fingerprint density at radius 3 is 1.78 bits per heavy atom. The predicted molar refractivity (Wildman–Crippen MR) is 189 cm³/mol. The maximum Gasteiger partial charge on any atom is 0.254 e. The van der Waals surface area contributed by atoms with Gasteiger partial charge in [-0.2, -0.15) is 0 Å². The molecule has 1 aliphatic carbocycles. The van der Waals surface area contributed by atoms with E-state index < -0.39 is 0 Å². The second kappa shape index (κ2) is 12.5. The highest BCUT2D eigenvalue weighted by atomic mass is 16.2. The van der Waals surface area contributed by atoms with Crippen LogP contribution in [-0.2, 0) is 0 Å². The number of fused-ring (bicyclic) bond motifs is 2. The van der Waals surface area contributed by atoms with E-state index in [4.69, 9.17) is 9.97 Å². The summed E-state index contributed by atoms with van der Waals surface area (Å²) in [6, 6.07) is 24.2.